The number of aryl methyl sites for hydroxylation is 1. The smallest absolute Gasteiger partial charge is 0.126 e. The summed E-state index contributed by atoms with van der Waals surface area (Å²) in [6.07, 6.45) is 8.96. The molecule has 1 heterocycles. The second kappa shape index (κ2) is 14.4. The number of hydrogen-bond donors (Lipinski definition) is 0. The van der Waals surface area contributed by atoms with Gasteiger partial charge in [-0.1, -0.05) is 80.0 Å². The van der Waals surface area contributed by atoms with E-state index < -0.39 is 0 Å². The van der Waals surface area contributed by atoms with Gasteiger partial charge in [0.15, 0.2) is 0 Å². The zero-order valence-electron chi connectivity index (χ0n) is 19.4. The van der Waals surface area contributed by atoms with Gasteiger partial charge in [-0.05, 0) is 43.7 Å². The van der Waals surface area contributed by atoms with E-state index in [0.29, 0.717) is 5.41 Å². The Labute approximate surface area is 168 Å². The SMILES string of the molecule is CC.CC.CCC(C)(C)CC(C)(C)n1ccnc1.CCc1ccccc1F. The van der Waals surface area contributed by atoms with E-state index in [4.69, 9.17) is 0 Å². The van der Waals surface area contributed by atoms with Gasteiger partial charge in [-0.25, -0.2) is 9.37 Å². The molecule has 0 bridgehead atoms. The molecule has 0 aliphatic rings. The molecule has 0 spiro atoms. The van der Waals surface area contributed by atoms with Crippen molar-refractivity contribution in [2.45, 2.75) is 94.0 Å². The fraction of sp³-hybridized carbons (Fsp3) is 0.625. The third-order valence-corrected chi connectivity index (χ3v) is 4.41. The summed E-state index contributed by atoms with van der Waals surface area (Å²) in [5, 5.41) is 0. The van der Waals surface area contributed by atoms with Gasteiger partial charge < -0.3 is 4.57 Å². The molecule has 2 aromatic rings. The first-order valence-electron chi connectivity index (χ1n) is 10.4. The topological polar surface area (TPSA) is 17.8 Å². The lowest BCUT2D eigenvalue weighted by Crippen LogP contribution is -2.31. The van der Waals surface area contributed by atoms with E-state index in [0.717, 1.165) is 12.0 Å². The van der Waals surface area contributed by atoms with Crippen molar-refractivity contribution in [2.24, 2.45) is 5.41 Å². The van der Waals surface area contributed by atoms with Crippen LogP contribution in [0.4, 0.5) is 4.39 Å². The highest BCUT2D eigenvalue weighted by molar-refractivity contribution is 5.16. The Hall–Kier alpha value is -1.64. The first-order chi connectivity index (χ1) is 12.7. The summed E-state index contributed by atoms with van der Waals surface area (Å²) in [6, 6.07) is 6.84. The van der Waals surface area contributed by atoms with Crippen LogP contribution in [0.15, 0.2) is 43.0 Å². The van der Waals surface area contributed by atoms with Crippen LogP contribution in [0.2, 0.25) is 0 Å². The van der Waals surface area contributed by atoms with Crippen molar-refractivity contribution in [1.29, 1.82) is 0 Å². The van der Waals surface area contributed by atoms with Gasteiger partial charge in [0, 0.05) is 17.9 Å². The zero-order chi connectivity index (χ0) is 21.5. The maximum absolute atomic E-state index is 12.6. The zero-order valence-corrected chi connectivity index (χ0v) is 19.4. The van der Waals surface area contributed by atoms with E-state index >= 15 is 0 Å². The van der Waals surface area contributed by atoms with E-state index in [1.54, 1.807) is 12.1 Å². The van der Waals surface area contributed by atoms with E-state index in [1.807, 2.05) is 59.4 Å². The minimum absolute atomic E-state index is 0.0972. The monoisotopic (exact) mass is 378 g/mol. The van der Waals surface area contributed by atoms with Crippen molar-refractivity contribution in [3.05, 3.63) is 54.4 Å². The lowest BCUT2D eigenvalue weighted by molar-refractivity contribution is 0.191. The molecule has 27 heavy (non-hydrogen) atoms. The molecule has 1 aromatic heterocycles. The molecule has 0 N–H and O–H groups in total. The van der Waals surface area contributed by atoms with E-state index in [-0.39, 0.29) is 11.4 Å². The summed E-state index contributed by atoms with van der Waals surface area (Å²) >= 11 is 0. The van der Waals surface area contributed by atoms with Crippen LogP contribution in [0, 0.1) is 11.2 Å². The molecule has 3 heteroatoms. The van der Waals surface area contributed by atoms with Crippen molar-refractivity contribution in [3.63, 3.8) is 0 Å². The van der Waals surface area contributed by atoms with Crippen LogP contribution in [-0.4, -0.2) is 9.55 Å². The average Bonchev–Trinajstić information content (AvgIpc) is 3.21. The molecule has 0 fully saturated rings. The number of imidazole rings is 1. The number of rotatable bonds is 5. The van der Waals surface area contributed by atoms with Crippen molar-refractivity contribution >= 4 is 0 Å². The Kier molecular flexibility index (Phi) is 14.7. The van der Waals surface area contributed by atoms with Gasteiger partial charge in [-0.15, -0.1) is 0 Å². The predicted octanol–water partition coefficient (Wildman–Crippen LogP) is 7.89. The van der Waals surface area contributed by atoms with Crippen molar-refractivity contribution < 1.29 is 4.39 Å². The molecular weight excluding hydrogens is 335 g/mol. The lowest BCUT2D eigenvalue weighted by atomic mass is 9.78. The molecule has 0 radical (unpaired) electrons. The Morgan fingerprint density at radius 3 is 1.89 bits per heavy atom. The molecule has 2 rings (SSSR count). The second-order valence-corrected chi connectivity index (χ2v) is 7.42. The number of halogens is 1. The van der Waals surface area contributed by atoms with Crippen molar-refractivity contribution in [1.82, 2.24) is 9.55 Å². The maximum Gasteiger partial charge on any atom is 0.126 e. The number of nitrogens with zero attached hydrogens (tertiary/aromatic N) is 2. The van der Waals surface area contributed by atoms with Gasteiger partial charge in [0.25, 0.3) is 0 Å². The van der Waals surface area contributed by atoms with Crippen LogP contribution in [0.5, 0.6) is 0 Å². The Morgan fingerprint density at radius 1 is 0.963 bits per heavy atom. The number of benzene rings is 1. The Morgan fingerprint density at radius 2 is 1.52 bits per heavy atom. The van der Waals surface area contributed by atoms with Gasteiger partial charge >= 0.3 is 0 Å². The van der Waals surface area contributed by atoms with Crippen LogP contribution in [0.1, 0.15) is 87.6 Å². The molecule has 0 aliphatic carbocycles. The molecule has 0 unspecified atom stereocenters. The fourth-order valence-corrected chi connectivity index (χ4v) is 2.79. The number of hydrogen-bond acceptors (Lipinski definition) is 1. The fourth-order valence-electron chi connectivity index (χ4n) is 2.79. The van der Waals surface area contributed by atoms with Gasteiger partial charge in [-0.2, -0.15) is 0 Å². The van der Waals surface area contributed by atoms with E-state index in [9.17, 15) is 4.39 Å². The molecule has 156 valence electrons. The summed E-state index contributed by atoms with van der Waals surface area (Å²) < 4.78 is 14.8. The molecule has 0 amide bonds. The molecule has 0 saturated carbocycles. The summed E-state index contributed by atoms with van der Waals surface area (Å²) in [4.78, 5) is 4.11. The normalized spacial score (nSPS) is 10.5. The molecule has 0 saturated heterocycles. The summed E-state index contributed by atoms with van der Waals surface area (Å²) in [5.41, 5.74) is 1.35. The molecular formula is C24H43FN2. The Bertz CT molecular complexity index is 572. The lowest BCUT2D eigenvalue weighted by Gasteiger charge is -2.35. The molecule has 2 nitrogen and oxygen atoms in total. The highest BCUT2D eigenvalue weighted by atomic mass is 19.1. The maximum atomic E-state index is 12.6. The van der Waals surface area contributed by atoms with E-state index in [1.165, 1.54) is 18.9 Å². The van der Waals surface area contributed by atoms with Crippen LogP contribution in [0.25, 0.3) is 0 Å². The predicted molar refractivity (Wildman–Crippen MR) is 119 cm³/mol. The third kappa shape index (κ3) is 10.9. The highest BCUT2D eigenvalue weighted by Crippen LogP contribution is 2.34. The highest BCUT2D eigenvalue weighted by Gasteiger charge is 2.28. The minimum Gasteiger partial charge on any atom is -0.332 e. The van der Waals surface area contributed by atoms with Crippen LogP contribution < -0.4 is 0 Å². The van der Waals surface area contributed by atoms with Crippen LogP contribution in [-0.2, 0) is 12.0 Å². The first kappa shape index (κ1) is 27.6. The third-order valence-electron chi connectivity index (χ3n) is 4.41. The largest absolute Gasteiger partial charge is 0.332 e. The van der Waals surface area contributed by atoms with Gasteiger partial charge in [-0.3, -0.25) is 0 Å². The molecule has 0 atom stereocenters. The van der Waals surface area contributed by atoms with Crippen LogP contribution >= 0.6 is 0 Å². The second-order valence-electron chi connectivity index (χ2n) is 7.42. The first-order valence-corrected chi connectivity index (χ1v) is 10.4. The quantitative estimate of drug-likeness (QED) is 0.517. The minimum atomic E-state index is -0.0972. The van der Waals surface area contributed by atoms with Gasteiger partial charge in [0.1, 0.15) is 5.82 Å². The van der Waals surface area contributed by atoms with Crippen molar-refractivity contribution in [3.8, 4) is 0 Å². The van der Waals surface area contributed by atoms with Crippen LogP contribution in [0.3, 0.4) is 0 Å². The van der Waals surface area contributed by atoms with Gasteiger partial charge in [0.2, 0.25) is 0 Å². The standard InChI is InChI=1S/C12H22N2.C8H9F.2C2H6/c1-6-11(2,3)9-12(4,5)14-8-7-13-10-14;1-2-7-5-3-4-6-8(7)9;2*1-2/h7-8,10H,6,9H2,1-5H3;3-6H,2H2,1H3;2*1-2H3. The summed E-state index contributed by atoms with van der Waals surface area (Å²) in [5.74, 6) is -0.0972. The summed E-state index contributed by atoms with van der Waals surface area (Å²) in [6.45, 7) is 21.4. The van der Waals surface area contributed by atoms with Crippen molar-refractivity contribution in [2.75, 3.05) is 0 Å². The average molecular weight is 379 g/mol. The van der Waals surface area contributed by atoms with E-state index in [2.05, 4.69) is 44.2 Å². The van der Waals surface area contributed by atoms with Gasteiger partial charge in [0.05, 0.1) is 6.33 Å². The molecule has 1 aromatic carbocycles. The Balaban J connectivity index is 0. The molecule has 0 aliphatic heterocycles. The summed E-state index contributed by atoms with van der Waals surface area (Å²) in [7, 11) is 0. The number of aromatic nitrogens is 2.